The Hall–Kier alpha value is -3.46. The number of ether oxygens (including phenoxy) is 2. The monoisotopic (exact) mass is 613 g/mol. The minimum atomic E-state index is -0.812. The first-order valence-corrected chi connectivity index (χ1v) is 14.2. The van der Waals surface area contributed by atoms with E-state index in [1.807, 2.05) is 52.0 Å². The second kappa shape index (κ2) is 14.3. The van der Waals surface area contributed by atoms with Crippen molar-refractivity contribution in [3.63, 3.8) is 0 Å². The number of benzene rings is 2. The molecule has 3 aromatic rings. The van der Waals surface area contributed by atoms with Crippen molar-refractivity contribution in [3.05, 3.63) is 74.6 Å². The smallest absolute Gasteiger partial charge is 0.328 e. The maximum atomic E-state index is 13.3. The number of methoxy groups -OCH3 is 1. The fourth-order valence-electron chi connectivity index (χ4n) is 4.45. The van der Waals surface area contributed by atoms with E-state index in [9.17, 15) is 19.2 Å². The quantitative estimate of drug-likeness (QED) is 0.184. The fraction of sp³-hybridized carbons (Fsp3) is 0.419. The van der Waals surface area contributed by atoms with E-state index in [-0.39, 0.29) is 41.6 Å². The van der Waals surface area contributed by atoms with Gasteiger partial charge >= 0.3 is 5.97 Å². The first kappa shape index (κ1) is 31.1. The molecule has 3 rings (SSSR count). The Bertz CT molecular complexity index is 1410. The minimum absolute atomic E-state index is 0.131. The third-order valence-electron chi connectivity index (χ3n) is 6.91. The maximum absolute atomic E-state index is 13.3. The molecule has 40 heavy (non-hydrogen) atoms. The first-order valence-electron chi connectivity index (χ1n) is 13.4. The zero-order valence-corrected chi connectivity index (χ0v) is 25.1. The summed E-state index contributed by atoms with van der Waals surface area (Å²) in [5.74, 6) is -1.95. The Labute approximate surface area is 242 Å². The van der Waals surface area contributed by atoms with Crippen LogP contribution in [0.2, 0.25) is 0 Å². The third-order valence-corrected chi connectivity index (χ3v) is 7.69. The lowest BCUT2D eigenvalue weighted by atomic mass is 9.85. The van der Waals surface area contributed by atoms with Crippen molar-refractivity contribution in [2.45, 2.75) is 59.6 Å². The molecule has 8 nitrogen and oxygen atoms in total. The highest BCUT2D eigenvalue weighted by molar-refractivity contribution is 9.10. The predicted molar refractivity (Wildman–Crippen MR) is 156 cm³/mol. The van der Waals surface area contributed by atoms with Crippen LogP contribution in [-0.4, -0.2) is 30.8 Å². The highest BCUT2D eigenvalue weighted by atomic mass is 79.9. The lowest BCUT2D eigenvalue weighted by molar-refractivity contribution is -0.146. The third kappa shape index (κ3) is 7.81. The van der Waals surface area contributed by atoms with Crippen LogP contribution in [0.5, 0.6) is 5.75 Å². The molecule has 0 spiro atoms. The van der Waals surface area contributed by atoms with Gasteiger partial charge in [-0.3, -0.25) is 14.4 Å². The number of nitrogens with one attached hydrogen (secondary N) is 1. The molecule has 0 aliphatic heterocycles. The Morgan fingerprint density at radius 3 is 2.42 bits per heavy atom. The molecule has 1 unspecified atom stereocenters. The highest BCUT2D eigenvalue weighted by Gasteiger charge is 2.32. The standard InChI is InChI=1S/C31H36BrNO7/c1-6-19(4)21(30(36)33-23(14-18(2)3)31(37)38-5)15-24(34)28-16-25(35)29-26(12-9-13-27(29)40-28)39-17-20-10-7-8-11-22(20)32/h7-13,16,18-19,21,23H,6,14-15,17H2,1-5H3,(H,33,36)/t19?,21-,23-/m0/s1. The Kier molecular flexibility index (Phi) is 11.1. The summed E-state index contributed by atoms with van der Waals surface area (Å²) >= 11 is 3.49. The SMILES string of the molecule is CCC(C)[C@H](CC(=O)c1cc(=O)c2c(OCc3ccccc3Br)cccc2o1)C(=O)N[C@@H](CC(C)C)C(=O)OC. The van der Waals surface area contributed by atoms with Gasteiger partial charge in [0, 0.05) is 28.4 Å². The van der Waals surface area contributed by atoms with Crippen LogP contribution in [0.4, 0.5) is 0 Å². The molecule has 9 heteroatoms. The normalized spacial score (nSPS) is 13.5. The molecule has 0 aliphatic rings. The molecule has 1 N–H and O–H groups in total. The van der Waals surface area contributed by atoms with Gasteiger partial charge in [0.1, 0.15) is 29.4 Å². The molecule has 1 amide bonds. The van der Waals surface area contributed by atoms with Crippen molar-refractivity contribution < 1.29 is 28.3 Å². The van der Waals surface area contributed by atoms with Crippen molar-refractivity contribution in [1.29, 1.82) is 0 Å². The molecule has 0 aliphatic carbocycles. The number of esters is 1. The van der Waals surface area contributed by atoms with Crippen LogP contribution in [0.15, 0.2) is 62.2 Å². The molecule has 2 aromatic carbocycles. The molecule has 0 fully saturated rings. The molecule has 214 valence electrons. The second-order valence-electron chi connectivity index (χ2n) is 10.3. The van der Waals surface area contributed by atoms with Gasteiger partial charge in [0.05, 0.1) is 7.11 Å². The molecule has 1 aromatic heterocycles. The van der Waals surface area contributed by atoms with E-state index in [1.54, 1.807) is 18.2 Å². The number of amides is 1. The molecule has 0 saturated heterocycles. The van der Waals surface area contributed by atoms with Gasteiger partial charge in [-0.1, -0.05) is 74.3 Å². The van der Waals surface area contributed by atoms with Crippen molar-refractivity contribution >= 4 is 44.6 Å². The van der Waals surface area contributed by atoms with Gasteiger partial charge in [0.2, 0.25) is 5.91 Å². The maximum Gasteiger partial charge on any atom is 0.328 e. The number of carbonyl (C=O) groups excluding carboxylic acids is 3. The zero-order chi connectivity index (χ0) is 29.4. The summed E-state index contributed by atoms with van der Waals surface area (Å²) in [5.41, 5.74) is 0.708. The van der Waals surface area contributed by atoms with E-state index in [0.29, 0.717) is 18.6 Å². The summed E-state index contributed by atoms with van der Waals surface area (Å²) in [6.45, 7) is 7.91. The largest absolute Gasteiger partial charge is 0.488 e. The topological polar surface area (TPSA) is 112 Å². The first-order chi connectivity index (χ1) is 19.0. The van der Waals surface area contributed by atoms with E-state index in [4.69, 9.17) is 13.9 Å². The Morgan fingerprint density at radius 2 is 1.77 bits per heavy atom. The minimum Gasteiger partial charge on any atom is -0.488 e. The molecule has 0 saturated carbocycles. The van der Waals surface area contributed by atoms with Gasteiger partial charge in [-0.05, 0) is 36.5 Å². The second-order valence-corrected chi connectivity index (χ2v) is 11.2. The number of hydrogen-bond donors (Lipinski definition) is 1. The summed E-state index contributed by atoms with van der Waals surface area (Å²) in [6, 6.07) is 12.9. The molecule has 0 bridgehead atoms. The van der Waals surface area contributed by atoms with Gasteiger partial charge in [-0.15, -0.1) is 0 Å². The summed E-state index contributed by atoms with van der Waals surface area (Å²) < 4.78 is 17.5. The van der Waals surface area contributed by atoms with E-state index in [0.717, 1.165) is 16.1 Å². The van der Waals surface area contributed by atoms with Crippen LogP contribution in [0.3, 0.4) is 0 Å². The van der Waals surface area contributed by atoms with Gasteiger partial charge in [0.25, 0.3) is 0 Å². The fourth-order valence-corrected chi connectivity index (χ4v) is 4.85. The van der Waals surface area contributed by atoms with Gasteiger partial charge < -0.3 is 19.2 Å². The van der Waals surface area contributed by atoms with Crippen LogP contribution in [0.1, 0.15) is 63.1 Å². The predicted octanol–water partition coefficient (Wildman–Crippen LogP) is 6.07. The summed E-state index contributed by atoms with van der Waals surface area (Å²) in [7, 11) is 1.27. The average Bonchev–Trinajstić information content (AvgIpc) is 2.93. The molecule has 3 atom stereocenters. The zero-order valence-electron chi connectivity index (χ0n) is 23.5. The van der Waals surface area contributed by atoms with Crippen LogP contribution in [-0.2, 0) is 20.9 Å². The number of Topliss-reactive ketones (excluding diaryl/α,β-unsaturated/α-hetero) is 1. The molecular formula is C31H36BrNO7. The molecular weight excluding hydrogens is 578 g/mol. The van der Waals surface area contributed by atoms with E-state index in [1.165, 1.54) is 7.11 Å². The molecule has 0 radical (unpaired) electrons. The Balaban J connectivity index is 1.84. The average molecular weight is 615 g/mol. The Morgan fingerprint density at radius 1 is 1.05 bits per heavy atom. The highest BCUT2D eigenvalue weighted by Crippen LogP contribution is 2.27. The van der Waals surface area contributed by atoms with E-state index < -0.39 is 35.0 Å². The number of hydrogen-bond acceptors (Lipinski definition) is 7. The van der Waals surface area contributed by atoms with Crippen molar-refractivity contribution in [2.75, 3.05) is 7.11 Å². The van der Waals surface area contributed by atoms with Gasteiger partial charge in [0.15, 0.2) is 17.0 Å². The number of carbonyl (C=O) groups is 3. The summed E-state index contributed by atoms with van der Waals surface area (Å²) in [6.07, 6.45) is 0.867. The lowest BCUT2D eigenvalue weighted by Crippen LogP contribution is -2.46. The van der Waals surface area contributed by atoms with Crippen molar-refractivity contribution in [2.24, 2.45) is 17.8 Å². The summed E-state index contributed by atoms with van der Waals surface area (Å²) in [5, 5.41) is 3.01. The van der Waals surface area contributed by atoms with Crippen molar-refractivity contribution in [3.8, 4) is 5.75 Å². The van der Waals surface area contributed by atoms with Gasteiger partial charge in [-0.25, -0.2) is 4.79 Å². The summed E-state index contributed by atoms with van der Waals surface area (Å²) in [4.78, 5) is 52.0. The van der Waals surface area contributed by atoms with Crippen LogP contribution in [0.25, 0.3) is 11.0 Å². The molecule has 1 heterocycles. The number of fused-ring (bicyclic) bond motifs is 1. The van der Waals surface area contributed by atoms with Crippen LogP contribution < -0.4 is 15.5 Å². The van der Waals surface area contributed by atoms with E-state index >= 15 is 0 Å². The van der Waals surface area contributed by atoms with Crippen molar-refractivity contribution in [1.82, 2.24) is 5.32 Å². The number of rotatable bonds is 13. The van der Waals surface area contributed by atoms with Crippen LogP contribution >= 0.6 is 15.9 Å². The van der Waals surface area contributed by atoms with Crippen LogP contribution in [0, 0.1) is 17.8 Å². The number of ketones is 1. The van der Waals surface area contributed by atoms with E-state index in [2.05, 4.69) is 21.2 Å². The van der Waals surface area contributed by atoms with Gasteiger partial charge in [-0.2, -0.15) is 0 Å². The number of halogens is 1. The lowest BCUT2D eigenvalue weighted by Gasteiger charge is -2.25.